The molecule has 1 N–H and O–H groups in total. The predicted octanol–water partition coefficient (Wildman–Crippen LogP) is 6.79. The third kappa shape index (κ3) is 6.38. The minimum atomic E-state index is -1.61. The van der Waals surface area contributed by atoms with Gasteiger partial charge < -0.3 is 9.32 Å². The van der Waals surface area contributed by atoms with Gasteiger partial charge in [0, 0.05) is 17.5 Å². The van der Waals surface area contributed by atoms with E-state index in [-0.39, 0.29) is 24.2 Å². The van der Waals surface area contributed by atoms with Gasteiger partial charge in [0.1, 0.15) is 11.3 Å². The van der Waals surface area contributed by atoms with Crippen LogP contribution < -0.4 is 4.72 Å². The van der Waals surface area contributed by atoms with Crippen molar-refractivity contribution in [3.63, 3.8) is 0 Å². The number of nitrogens with zero attached hydrogens (tertiary/aromatic N) is 1. The molecular weight excluding hydrogens is 480 g/mol. The highest BCUT2D eigenvalue weighted by Crippen LogP contribution is 2.36. The molecule has 0 aliphatic carbocycles. The molecule has 0 saturated heterocycles. The lowest BCUT2D eigenvalue weighted by molar-refractivity contribution is -0.118. The third-order valence-electron chi connectivity index (χ3n) is 6.45. The number of hydrogen-bond acceptors (Lipinski definition) is 4. The summed E-state index contributed by atoms with van der Waals surface area (Å²) in [5.74, 6) is 0.981. The third-order valence-corrected chi connectivity index (χ3v) is 7.57. The summed E-state index contributed by atoms with van der Waals surface area (Å²) in [5, 5.41) is 1.07. The van der Waals surface area contributed by atoms with E-state index in [2.05, 4.69) is 55.5 Å². The van der Waals surface area contributed by atoms with Crippen molar-refractivity contribution >= 4 is 27.9 Å². The summed E-state index contributed by atoms with van der Waals surface area (Å²) >= 11 is 0. The first-order valence-electron chi connectivity index (χ1n) is 12.7. The molecule has 4 aromatic rings. The Morgan fingerprint density at radius 3 is 2.11 bits per heavy atom. The van der Waals surface area contributed by atoms with Crippen LogP contribution in [0.15, 0.2) is 76.0 Å². The molecule has 0 fully saturated rings. The zero-order valence-electron chi connectivity index (χ0n) is 22.5. The number of amides is 1. The monoisotopic (exact) mass is 516 g/mol. The van der Waals surface area contributed by atoms with Crippen molar-refractivity contribution in [3.8, 4) is 11.3 Å². The van der Waals surface area contributed by atoms with Crippen LogP contribution in [0.4, 0.5) is 0 Å². The van der Waals surface area contributed by atoms with Crippen LogP contribution in [0.1, 0.15) is 61.8 Å². The maximum Gasteiger partial charge on any atom is 0.236 e. The second-order valence-corrected chi connectivity index (χ2v) is 11.7. The minimum Gasteiger partial charge on any atom is -0.456 e. The van der Waals surface area contributed by atoms with Gasteiger partial charge in [0.15, 0.2) is 11.0 Å². The number of carbonyl (C=O) groups is 1. The molecule has 0 bridgehead atoms. The van der Waals surface area contributed by atoms with Crippen molar-refractivity contribution in [2.45, 2.75) is 57.4 Å². The molecule has 0 aliphatic rings. The summed E-state index contributed by atoms with van der Waals surface area (Å²) < 4.78 is 21.8. The molecule has 0 saturated carbocycles. The molecule has 1 aromatic heterocycles. The Labute approximate surface area is 222 Å². The zero-order chi connectivity index (χ0) is 26.7. The van der Waals surface area contributed by atoms with Gasteiger partial charge in [-0.1, -0.05) is 58.0 Å². The number of hydrogen-bond donors (Lipinski definition) is 1. The average Bonchev–Trinajstić information content (AvgIpc) is 3.28. The molecule has 4 rings (SSSR count). The van der Waals surface area contributed by atoms with E-state index in [1.807, 2.05) is 62.6 Å². The summed E-state index contributed by atoms with van der Waals surface area (Å²) in [7, 11) is 2.40. The SMILES string of the molecule is CC(C)c1cc(-c2cc3ccccc3o2)cc(C(C)C)c1CC(=O)NS(=O)c1ccc(CN(C)C)cc1. The van der Waals surface area contributed by atoms with E-state index in [0.29, 0.717) is 4.90 Å². The van der Waals surface area contributed by atoms with Crippen LogP contribution in [0.3, 0.4) is 0 Å². The lowest BCUT2D eigenvalue weighted by Crippen LogP contribution is -2.28. The fourth-order valence-corrected chi connectivity index (χ4v) is 5.44. The Kier molecular flexibility index (Phi) is 8.30. The number of nitrogens with one attached hydrogen (secondary N) is 1. The van der Waals surface area contributed by atoms with Crippen molar-refractivity contribution in [2.75, 3.05) is 14.1 Å². The minimum absolute atomic E-state index is 0.173. The van der Waals surface area contributed by atoms with Crippen LogP contribution in [0, 0.1) is 0 Å². The van der Waals surface area contributed by atoms with E-state index < -0.39 is 11.0 Å². The molecule has 1 atom stereocenters. The first-order valence-corrected chi connectivity index (χ1v) is 13.9. The molecule has 6 heteroatoms. The largest absolute Gasteiger partial charge is 0.456 e. The molecule has 3 aromatic carbocycles. The quantitative estimate of drug-likeness (QED) is 0.266. The van der Waals surface area contributed by atoms with Gasteiger partial charge in [-0.3, -0.25) is 9.52 Å². The highest BCUT2D eigenvalue weighted by atomic mass is 32.2. The normalized spacial score (nSPS) is 12.6. The van der Waals surface area contributed by atoms with Crippen molar-refractivity contribution < 1.29 is 13.4 Å². The van der Waals surface area contributed by atoms with E-state index in [1.54, 1.807) is 0 Å². The maximum atomic E-state index is 13.1. The standard InChI is InChI=1S/C31H36N2O3S/c1-20(2)26-15-24(30-17-23-9-7-8-10-29(23)36-30)16-27(21(3)4)28(26)18-31(34)32-37(35)25-13-11-22(12-14-25)19-33(5)6/h7-17,20-21H,18-19H2,1-6H3,(H,32,34). The molecule has 1 amide bonds. The van der Waals surface area contributed by atoms with Gasteiger partial charge in [0.25, 0.3) is 0 Å². The average molecular weight is 517 g/mol. The molecule has 0 radical (unpaired) electrons. The van der Waals surface area contributed by atoms with Crippen LogP contribution in [0.2, 0.25) is 0 Å². The van der Waals surface area contributed by atoms with Crippen LogP contribution >= 0.6 is 0 Å². The number of fused-ring (bicyclic) bond motifs is 1. The van der Waals surface area contributed by atoms with Gasteiger partial charge >= 0.3 is 0 Å². The molecule has 194 valence electrons. The molecule has 1 heterocycles. The van der Waals surface area contributed by atoms with Crippen LogP contribution in [-0.2, 0) is 28.7 Å². The maximum absolute atomic E-state index is 13.1. The fraction of sp³-hybridized carbons (Fsp3) is 0.323. The van der Waals surface area contributed by atoms with Gasteiger partial charge in [-0.25, -0.2) is 4.21 Å². The first-order chi connectivity index (χ1) is 17.6. The summed E-state index contributed by atoms with van der Waals surface area (Å²) in [5.41, 5.74) is 6.21. The van der Waals surface area contributed by atoms with Crippen molar-refractivity contribution in [1.82, 2.24) is 9.62 Å². The van der Waals surface area contributed by atoms with Crippen molar-refractivity contribution in [3.05, 3.63) is 89.0 Å². The van der Waals surface area contributed by atoms with Crippen molar-refractivity contribution in [2.24, 2.45) is 0 Å². The number of carbonyl (C=O) groups excluding carboxylic acids is 1. The molecular formula is C31H36N2O3S. The van der Waals surface area contributed by atoms with Crippen LogP contribution in [0.5, 0.6) is 0 Å². The topological polar surface area (TPSA) is 62.6 Å². The Morgan fingerprint density at radius 2 is 1.54 bits per heavy atom. The van der Waals surface area contributed by atoms with Gasteiger partial charge in [0.2, 0.25) is 5.91 Å². The predicted molar refractivity (Wildman–Crippen MR) is 152 cm³/mol. The highest BCUT2D eigenvalue weighted by Gasteiger charge is 2.21. The van der Waals surface area contributed by atoms with Crippen molar-refractivity contribution in [1.29, 1.82) is 0 Å². The Balaban J connectivity index is 1.60. The Hall–Kier alpha value is -3.22. The van der Waals surface area contributed by atoms with E-state index in [9.17, 15) is 9.00 Å². The molecule has 0 aliphatic heterocycles. The van der Waals surface area contributed by atoms with E-state index in [0.717, 1.165) is 51.1 Å². The Bertz CT molecular complexity index is 1360. The molecule has 37 heavy (non-hydrogen) atoms. The summed E-state index contributed by atoms with van der Waals surface area (Å²) in [6, 6.07) is 21.9. The smallest absolute Gasteiger partial charge is 0.236 e. The second-order valence-electron chi connectivity index (χ2n) is 10.4. The summed E-state index contributed by atoms with van der Waals surface area (Å²) in [4.78, 5) is 15.8. The van der Waals surface area contributed by atoms with Crippen LogP contribution in [-0.4, -0.2) is 29.1 Å². The lowest BCUT2D eigenvalue weighted by Gasteiger charge is -2.21. The van der Waals surface area contributed by atoms with E-state index in [4.69, 9.17) is 4.42 Å². The van der Waals surface area contributed by atoms with Crippen LogP contribution in [0.25, 0.3) is 22.3 Å². The van der Waals surface area contributed by atoms with E-state index in [1.165, 1.54) is 0 Å². The fourth-order valence-electron chi connectivity index (χ4n) is 4.66. The zero-order valence-corrected chi connectivity index (χ0v) is 23.3. The molecule has 0 spiro atoms. The first kappa shape index (κ1) is 26.8. The number of rotatable bonds is 9. The number of benzene rings is 3. The van der Waals surface area contributed by atoms with Gasteiger partial charge in [-0.15, -0.1) is 0 Å². The summed E-state index contributed by atoms with van der Waals surface area (Å²) in [6.07, 6.45) is 0.173. The van der Waals surface area contributed by atoms with Gasteiger partial charge in [0.05, 0.1) is 11.3 Å². The van der Waals surface area contributed by atoms with Gasteiger partial charge in [-0.2, -0.15) is 0 Å². The number of furan rings is 1. The lowest BCUT2D eigenvalue weighted by atomic mass is 9.84. The Morgan fingerprint density at radius 1 is 0.919 bits per heavy atom. The second kappa shape index (κ2) is 11.4. The number of para-hydroxylation sites is 1. The van der Waals surface area contributed by atoms with E-state index >= 15 is 0 Å². The molecule has 5 nitrogen and oxygen atoms in total. The van der Waals surface area contributed by atoms with Gasteiger partial charge in [-0.05, 0) is 84.6 Å². The molecule has 1 unspecified atom stereocenters. The highest BCUT2D eigenvalue weighted by molar-refractivity contribution is 7.83. The summed E-state index contributed by atoms with van der Waals surface area (Å²) in [6.45, 7) is 9.35.